The van der Waals surface area contributed by atoms with E-state index < -0.39 is 4.92 Å². The Kier molecular flexibility index (Phi) is 4.68. The lowest BCUT2D eigenvalue weighted by Crippen LogP contribution is -1.87. The van der Waals surface area contributed by atoms with Gasteiger partial charge < -0.3 is 0 Å². The molecule has 0 saturated heterocycles. The summed E-state index contributed by atoms with van der Waals surface area (Å²) >= 11 is 1.38. The molecule has 3 rings (SSSR count). The third-order valence-corrected chi connectivity index (χ3v) is 4.59. The summed E-state index contributed by atoms with van der Waals surface area (Å²) in [6.45, 7) is 1.99. The predicted molar refractivity (Wildman–Crippen MR) is 98.9 cm³/mol. The average molecular weight is 347 g/mol. The number of non-ortho nitro benzene ring substituents is 1. The first kappa shape index (κ1) is 16.6. The highest BCUT2D eigenvalue weighted by Gasteiger charge is 2.11. The van der Waals surface area contributed by atoms with E-state index in [-0.39, 0.29) is 5.69 Å². The van der Waals surface area contributed by atoms with Gasteiger partial charge in [0.25, 0.3) is 5.69 Å². The van der Waals surface area contributed by atoms with Gasteiger partial charge in [0, 0.05) is 23.1 Å². The third kappa shape index (κ3) is 3.62. The summed E-state index contributed by atoms with van der Waals surface area (Å²) in [7, 11) is 0. The number of aryl methyl sites for hydroxylation is 1. The van der Waals surface area contributed by atoms with Crippen molar-refractivity contribution in [2.24, 2.45) is 0 Å². The smallest absolute Gasteiger partial charge is 0.258 e. The van der Waals surface area contributed by atoms with Crippen molar-refractivity contribution >= 4 is 28.7 Å². The van der Waals surface area contributed by atoms with Crippen LogP contribution in [0.25, 0.3) is 22.9 Å². The molecule has 0 aliphatic rings. The number of hydrogen-bond donors (Lipinski definition) is 0. The molecule has 0 bridgehead atoms. The molecule has 1 heterocycles. The van der Waals surface area contributed by atoms with Crippen molar-refractivity contribution in [3.05, 3.63) is 80.2 Å². The van der Waals surface area contributed by atoms with Crippen LogP contribution in [-0.4, -0.2) is 9.91 Å². The van der Waals surface area contributed by atoms with Gasteiger partial charge in [-0.15, -0.1) is 11.3 Å². The summed E-state index contributed by atoms with van der Waals surface area (Å²) in [6.07, 6.45) is 1.83. The minimum Gasteiger partial charge on any atom is -0.258 e. The predicted octanol–water partition coefficient (Wildman–Crippen LogP) is 5.09. The molecule has 25 heavy (non-hydrogen) atoms. The first-order valence-corrected chi connectivity index (χ1v) is 8.34. The van der Waals surface area contributed by atoms with Gasteiger partial charge in [0.15, 0.2) is 0 Å². The van der Waals surface area contributed by atoms with E-state index in [0.29, 0.717) is 16.3 Å². The summed E-state index contributed by atoms with van der Waals surface area (Å²) < 4.78 is 0. The van der Waals surface area contributed by atoms with Crippen LogP contribution >= 0.6 is 11.3 Å². The maximum Gasteiger partial charge on any atom is 0.269 e. The van der Waals surface area contributed by atoms with Crippen LogP contribution in [0.3, 0.4) is 0 Å². The topological polar surface area (TPSA) is 79.8 Å². The van der Waals surface area contributed by atoms with Crippen molar-refractivity contribution in [1.82, 2.24) is 4.98 Å². The Morgan fingerprint density at radius 1 is 1.24 bits per heavy atom. The van der Waals surface area contributed by atoms with Crippen LogP contribution in [0.1, 0.15) is 16.1 Å². The largest absolute Gasteiger partial charge is 0.269 e. The van der Waals surface area contributed by atoms with Gasteiger partial charge >= 0.3 is 0 Å². The SMILES string of the molecule is Cc1ccccc1/C=C(/C#N)c1nc(-c2ccc([N+](=O)[O-])cc2)cs1. The Labute approximate surface area is 148 Å². The quantitative estimate of drug-likeness (QED) is 0.374. The van der Waals surface area contributed by atoms with Gasteiger partial charge in [0.2, 0.25) is 0 Å². The van der Waals surface area contributed by atoms with E-state index >= 15 is 0 Å². The second-order valence-corrected chi connectivity index (χ2v) is 6.23. The van der Waals surface area contributed by atoms with E-state index in [0.717, 1.165) is 16.7 Å². The van der Waals surface area contributed by atoms with Gasteiger partial charge in [-0.3, -0.25) is 10.1 Å². The first-order valence-electron chi connectivity index (χ1n) is 7.46. The fourth-order valence-electron chi connectivity index (χ4n) is 2.33. The van der Waals surface area contributed by atoms with Gasteiger partial charge in [0.1, 0.15) is 11.1 Å². The van der Waals surface area contributed by atoms with E-state index in [9.17, 15) is 15.4 Å². The van der Waals surface area contributed by atoms with E-state index in [2.05, 4.69) is 11.1 Å². The lowest BCUT2D eigenvalue weighted by atomic mass is 10.1. The van der Waals surface area contributed by atoms with Crippen LogP contribution in [0.15, 0.2) is 53.9 Å². The molecule has 0 atom stereocenters. The Bertz CT molecular complexity index is 998. The van der Waals surface area contributed by atoms with E-state index in [4.69, 9.17) is 0 Å². The molecule has 5 nitrogen and oxygen atoms in total. The maximum absolute atomic E-state index is 10.7. The second-order valence-electron chi connectivity index (χ2n) is 5.37. The molecule has 0 saturated carbocycles. The molecule has 0 fully saturated rings. The number of allylic oxidation sites excluding steroid dienone is 1. The van der Waals surface area contributed by atoms with E-state index in [1.54, 1.807) is 12.1 Å². The number of nitrogens with zero attached hydrogens (tertiary/aromatic N) is 3. The molecule has 0 amide bonds. The van der Waals surface area contributed by atoms with E-state index in [1.807, 2.05) is 42.6 Å². The molecule has 0 aliphatic heterocycles. The molecular formula is C19H13N3O2S. The summed E-state index contributed by atoms with van der Waals surface area (Å²) in [5.41, 5.74) is 4.07. The van der Waals surface area contributed by atoms with Crippen molar-refractivity contribution in [2.45, 2.75) is 6.92 Å². The van der Waals surface area contributed by atoms with Crippen molar-refractivity contribution in [3.8, 4) is 17.3 Å². The lowest BCUT2D eigenvalue weighted by Gasteiger charge is -2.00. The normalized spacial score (nSPS) is 11.1. The Morgan fingerprint density at radius 3 is 2.60 bits per heavy atom. The van der Waals surface area contributed by atoms with Gasteiger partial charge in [-0.1, -0.05) is 24.3 Å². The number of nitro groups is 1. The monoisotopic (exact) mass is 347 g/mol. The van der Waals surface area contributed by atoms with Crippen molar-refractivity contribution in [2.75, 3.05) is 0 Å². The van der Waals surface area contributed by atoms with Gasteiger partial charge in [0.05, 0.1) is 16.2 Å². The zero-order chi connectivity index (χ0) is 17.8. The Balaban J connectivity index is 1.93. The molecule has 122 valence electrons. The maximum atomic E-state index is 10.7. The first-order chi connectivity index (χ1) is 12.1. The number of rotatable bonds is 4. The summed E-state index contributed by atoms with van der Waals surface area (Å²) in [5.74, 6) is 0. The van der Waals surface area contributed by atoms with Crippen LogP contribution in [0.4, 0.5) is 5.69 Å². The molecular weight excluding hydrogens is 334 g/mol. The van der Waals surface area contributed by atoms with Crippen LogP contribution < -0.4 is 0 Å². The summed E-state index contributed by atoms with van der Waals surface area (Å²) in [6, 6.07) is 16.2. The Hall–Kier alpha value is -3.30. The number of thiazole rings is 1. The highest BCUT2D eigenvalue weighted by atomic mass is 32.1. The molecule has 0 unspecified atom stereocenters. The fourth-order valence-corrected chi connectivity index (χ4v) is 3.12. The van der Waals surface area contributed by atoms with Gasteiger partial charge in [-0.2, -0.15) is 5.26 Å². The number of nitriles is 1. The van der Waals surface area contributed by atoms with Crippen LogP contribution in [-0.2, 0) is 0 Å². The molecule has 1 aromatic heterocycles. The van der Waals surface area contributed by atoms with Crippen LogP contribution in [0.2, 0.25) is 0 Å². The zero-order valence-corrected chi connectivity index (χ0v) is 14.2. The second kappa shape index (κ2) is 7.07. The highest BCUT2D eigenvalue weighted by Crippen LogP contribution is 2.28. The minimum absolute atomic E-state index is 0.0383. The van der Waals surface area contributed by atoms with Crippen molar-refractivity contribution in [1.29, 1.82) is 5.26 Å². The molecule has 6 heteroatoms. The molecule has 0 N–H and O–H groups in total. The highest BCUT2D eigenvalue weighted by molar-refractivity contribution is 7.11. The molecule has 3 aromatic rings. The number of benzene rings is 2. The third-order valence-electron chi connectivity index (χ3n) is 3.72. The van der Waals surface area contributed by atoms with Crippen molar-refractivity contribution in [3.63, 3.8) is 0 Å². The minimum atomic E-state index is -0.436. The van der Waals surface area contributed by atoms with Crippen molar-refractivity contribution < 1.29 is 4.92 Å². The van der Waals surface area contributed by atoms with E-state index in [1.165, 1.54) is 23.5 Å². The fraction of sp³-hybridized carbons (Fsp3) is 0.0526. The standard InChI is InChI=1S/C19H13N3O2S/c1-13-4-2-3-5-15(13)10-16(11-20)19-21-18(12-25-19)14-6-8-17(9-7-14)22(23)24/h2-10,12H,1H3/b16-10-. The average Bonchev–Trinajstić information content (AvgIpc) is 3.11. The van der Waals surface area contributed by atoms with Gasteiger partial charge in [-0.05, 0) is 36.3 Å². The number of nitro benzene ring substituents is 1. The van der Waals surface area contributed by atoms with Crippen LogP contribution in [0, 0.1) is 28.4 Å². The number of hydrogen-bond acceptors (Lipinski definition) is 5. The molecule has 0 aliphatic carbocycles. The summed E-state index contributed by atoms with van der Waals surface area (Å²) in [5, 5.41) is 22.7. The molecule has 2 aromatic carbocycles. The number of aromatic nitrogens is 1. The Morgan fingerprint density at radius 2 is 1.96 bits per heavy atom. The van der Waals surface area contributed by atoms with Crippen LogP contribution in [0.5, 0.6) is 0 Å². The summed E-state index contributed by atoms with van der Waals surface area (Å²) in [4.78, 5) is 14.8. The zero-order valence-electron chi connectivity index (χ0n) is 13.3. The van der Waals surface area contributed by atoms with Gasteiger partial charge in [-0.25, -0.2) is 4.98 Å². The molecule has 0 spiro atoms. The lowest BCUT2D eigenvalue weighted by molar-refractivity contribution is -0.384. The molecule has 0 radical (unpaired) electrons.